The smallest absolute Gasteiger partial charge is 0.408 e. The maximum Gasteiger partial charge on any atom is 0.408 e. The third kappa shape index (κ3) is 4.89. The number of carbonyl (C=O) groups is 2. The summed E-state index contributed by atoms with van der Waals surface area (Å²) in [5.41, 5.74) is 10.2. The Kier molecular flexibility index (Phi) is 6.47. The van der Waals surface area contributed by atoms with E-state index >= 15 is 0 Å². The largest absolute Gasteiger partial charge is 0.445 e. The van der Waals surface area contributed by atoms with Gasteiger partial charge >= 0.3 is 6.09 Å². The molecule has 2 amide bonds. The van der Waals surface area contributed by atoms with Crippen LogP contribution in [0.25, 0.3) is 11.0 Å². The molecule has 5 rings (SSSR count). The van der Waals surface area contributed by atoms with E-state index in [9.17, 15) is 9.59 Å². The molecule has 3 aromatic rings. The van der Waals surface area contributed by atoms with Gasteiger partial charge in [-0.2, -0.15) is 0 Å². The number of alkyl carbamates (subject to hydrolysis) is 1. The molecule has 8 nitrogen and oxygen atoms in total. The molecule has 5 N–H and O–H groups in total. The zero-order valence-corrected chi connectivity index (χ0v) is 20.1. The van der Waals surface area contributed by atoms with Crippen molar-refractivity contribution in [2.45, 2.75) is 63.1 Å². The number of rotatable bonds is 6. The Morgan fingerprint density at radius 3 is 2.57 bits per heavy atom. The number of aromatic nitrogens is 2. The third-order valence-corrected chi connectivity index (χ3v) is 7.41. The molecule has 1 heterocycles. The second kappa shape index (κ2) is 9.70. The SMILES string of the molecule is CNC(=O)C1(N)Cc2cc3nc([C@@H](NC(=O)OCc4ccccc4)C4CCCCC4)[nH]c3cc2C1. The summed E-state index contributed by atoms with van der Waals surface area (Å²) in [6, 6.07) is 13.5. The van der Waals surface area contributed by atoms with E-state index in [-0.39, 0.29) is 18.6 Å². The van der Waals surface area contributed by atoms with Gasteiger partial charge in [-0.05, 0) is 47.6 Å². The van der Waals surface area contributed by atoms with E-state index in [1.165, 1.54) is 6.42 Å². The van der Waals surface area contributed by atoms with E-state index in [2.05, 4.69) is 15.6 Å². The first-order chi connectivity index (χ1) is 16.9. The van der Waals surface area contributed by atoms with Crippen molar-refractivity contribution >= 4 is 23.0 Å². The number of nitrogens with one attached hydrogen (secondary N) is 3. The summed E-state index contributed by atoms with van der Waals surface area (Å²) >= 11 is 0. The minimum atomic E-state index is -0.923. The predicted molar refractivity (Wildman–Crippen MR) is 134 cm³/mol. The van der Waals surface area contributed by atoms with Crippen LogP contribution in [-0.2, 0) is 29.0 Å². The zero-order chi connectivity index (χ0) is 24.4. The lowest BCUT2D eigenvalue weighted by Gasteiger charge is -2.29. The summed E-state index contributed by atoms with van der Waals surface area (Å²) in [5, 5.41) is 5.78. The molecule has 1 aromatic heterocycles. The Hall–Kier alpha value is -3.39. The second-order valence-electron chi connectivity index (χ2n) is 9.93. The molecular formula is C27H33N5O3. The van der Waals surface area contributed by atoms with Crippen LogP contribution in [0.15, 0.2) is 42.5 Å². The topological polar surface area (TPSA) is 122 Å². The van der Waals surface area contributed by atoms with Gasteiger partial charge in [0, 0.05) is 19.9 Å². The quantitative estimate of drug-likeness (QED) is 0.433. The molecule has 2 atom stereocenters. The number of carbonyl (C=O) groups excluding carboxylic acids is 2. The fourth-order valence-corrected chi connectivity index (χ4v) is 5.56. The van der Waals surface area contributed by atoms with E-state index in [0.29, 0.717) is 18.8 Å². The van der Waals surface area contributed by atoms with Crippen molar-refractivity contribution in [1.29, 1.82) is 0 Å². The Morgan fingerprint density at radius 1 is 1.14 bits per heavy atom. The lowest BCUT2D eigenvalue weighted by molar-refractivity contribution is -0.125. The highest BCUT2D eigenvalue weighted by atomic mass is 16.5. The molecule has 0 aliphatic heterocycles. The lowest BCUT2D eigenvalue weighted by Crippen LogP contribution is -2.53. The molecule has 1 fully saturated rings. The molecule has 184 valence electrons. The van der Waals surface area contributed by atoms with Gasteiger partial charge in [0.15, 0.2) is 0 Å². The highest BCUT2D eigenvalue weighted by molar-refractivity contribution is 5.89. The average Bonchev–Trinajstić information content (AvgIpc) is 3.44. The summed E-state index contributed by atoms with van der Waals surface area (Å²) in [7, 11) is 1.61. The van der Waals surface area contributed by atoms with Crippen molar-refractivity contribution in [1.82, 2.24) is 20.6 Å². The van der Waals surface area contributed by atoms with Gasteiger partial charge < -0.3 is 26.1 Å². The maximum atomic E-state index is 12.8. The number of ether oxygens (including phenoxy) is 1. The first kappa shape index (κ1) is 23.4. The standard InChI is InChI=1S/C27H33N5O3/c1-29-25(33)27(28)14-19-12-21-22(13-20(19)15-27)31-24(30-21)23(18-10-6-3-7-11-18)32-26(34)35-16-17-8-4-2-5-9-17/h2,4-5,8-9,12-13,18,23H,3,6-7,10-11,14-16,28H2,1H3,(H,29,33)(H,30,31)(H,32,34)/t23-/m0/s1. The summed E-state index contributed by atoms with van der Waals surface area (Å²) in [5.74, 6) is 0.893. The van der Waals surface area contributed by atoms with Crippen molar-refractivity contribution in [3.05, 3.63) is 65.0 Å². The molecule has 1 saturated carbocycles. The van der Waals surface area contributed by atoms with Crippen LogP contribution in [0.4, 0.5) is 4.79 Å². The predicted octanol–water partition coefficient (Wildman–Crippen LogP) is 3.65. The fourth-order valence-electron chi connectivity index (χ4n) is 5.56. The summed E-state index contributed by atoms with van der Waals surface area (Å²) in [6.45, 7) is 0.225. The van der Waals surface area contributed by atoms with Crippen LogP contribution >= 0.6 is 0 Å². The van der Waals surface area contributed by atoms with Crippen LogP contribution in [0.2, 0.25) is 0 Å². The number of likely N-dealkylation sites (N-methyl/N-ethyl adjacent to an activating group) is 1. The van der Waals surface area contributed by atoms with Crippen LogP contribution < -0.4 is 16.4 Å². The molecule has 2 aliphatic carbocycles. The van der Waals surface area contributed by atoms with Crippen LogP contribution in [0.3, 0.4) is 0 Å². The van der Waals surface area contributed by atoms with Crippen molar-refractivity contribution in [2.24, 2.45) is 11.7 Å². The van der Waals surface area contributed by atoms with Gasteiger partial charge in [0.05, 0.1) is 17.1 Å². The van der Waals surface area contributed by atoms with E-state index < -0.39 is 11.6 Å². The van der Waals surface area contributed by atoms with Crippen LogP contribution in [0.1, 0.15) is 60.7 Å². The fraction of sp³-hybridized carbons (Fsp3) is 0.444. The molecule has 8 heteroatoms. The Labute approximate surface area is 205 Å². The van der Waals surface area contributed by atoms with Gasteiger partial charge in [0.2, 0.25) is 5.91 Å². The minimum Gasteiger partial charge on any atom is -0.445 e. The molecule has 1 unspecified atom stereocenters. The summed E-state index contributed by atoms with van der Waals surface area (Å²) < 4.78 is 5.52. The van der Waals surface area contributed by atoms with E-state index in [4.69, 9.17) is 15.5 Å². The first-order valence-corrected chi connectivity index (χ1v) is 12.4. The number of hydrogen-bond donors (Lipinski definition) is 4. The van der Waals surface area contributed by atoms with Gasteiger partial charge in [0.25, 0.3) is 0 Å². The Morgan fingerprint density at radius 2 is 1.86 bits per heavy atom. The zero-order valence-electron chi connectivity index (χ0n) is 20.1. The molecule has 0 radical (unpaired) electrons. The number of nitrogens with two attached hydrogens (primary N) is 1. The molecule has 35 heavy (non-hydrogen) atoms. The normalized spacial score (nSPS) is 18.1. The molecule has 0 spiro atoms. The number of H-pyrrole nitrogens is 1. The van der Waals surface area contributed by atoms with Gasteiger partial charge in [-0.15, -0.1) is 0 Å². The minimum absolute atomic E-state index is 0.151. The molecule has 0 saturated heterocycles. The molecule has 2 aromatic carbocycles. The number of aromatic amines is 1. The number of hydrogen-bond acceptors (Lipinski definition) is 5. The Bertz CT molecular complexity index is 1170. The molecule has 0 bridgehead atoms. The van der Waals surface area contributed by atoms with Gasteiger partial charge in [0.1, 0.15) is 18.0 Å². The number of amides is 2. The van der Waals surface area contributed by atoms with Gasteiger partial charge in [-0.1, -0.05) is 49.6 Å². The Balaban J connectivity index is 1.37. The number of nitrogens with zero attached hydrogens (tertiary/aromatic N) is 1. The molecular weight excluding hydrogens is 442 g/mol. The van der Waals surface area contributed by atoms with Crippen molar-refractivity contribution < 1.29 is 14.3 Å². The average molecular weight is 476 g/mol. The van der Waals surface area contributed by atoms with Gasteiger partial charge in [-0.3, -0.25) is 4.79 Å². The maximum absolute atomic E-state index is 12.8. The number of benzene rings is 2. The lowest BCUT2D eigenvalue weighted by atomic mass is 9.83. The van der Waals surface area contributed by atoms with E-state index in [1.807, 2.05) is 42.5 Å². The van der Waals surface area contributed by atoms with Crippen molar-refractivity contribution in [3.8, 4) is 0 Å². The third-order valence-electron chi connectivity index (χ3n) is 7.41. The summed E-state index contributed by atoms with van der Waals surface area (Å²) in [6.07, 6.45) is 6.13. The van der Waals surface area contributed by atoms with E-state index in [1.54, 1.807) is 7.05 Å². The van der Waals surface area contributed by atoms with E-state index in [0.717, 1.165) is 59.2 Å². The highest BCUT2D eigenvalue weighted by Gasteiger charge is 2.40. The monoisotopic (exact) mass is 475 g/mol. The molecule has 2 aliphatic rings. The van der Waals surface area contributed by atoms with Crippen molar-refractivity contribution in [3.63, 3.8) is 0 Å². The number of imidazole rings is 1. The highest BCUT2D eigenvalue weighted by Crippen LogP contribution is 2.36. The second-order valence-corrected chi connectivity index (χ2v) is 9.93. The van der Waals surface area contributed by atoms with Gasteiger partial charge in [-0.25, -0.2) is 9.78 Å². The summed E-state index contributed by atoms with van der Waals surface area (Å²) in [4.78, 5) is 33.4. The van der Waals surface area contributed by atoms with Crippen molar-refractivity contribution in [2.75, 3.05) is 7.05 Å². The van der Waals surface area contributed by atoms with Crippen LogP contribution in [0.5, 0.6) is 0 Å². The van der Waals surface area contributed by atoms with Crippen LogP contribution in [-0.4, -0.2) is 34.6 Å². The first-order valence-electron chi connectivity index (χ1n) is 12.4. The number of fused-ring (bicyclic) bond motifs is 2. The van der Waals surface area contributed by atoms with Crippen LogP contribution in [0, 0.1) is 5.92 Å².